The first kappa shape index (κ1) is 26.7. The van der Waals surface area contributed by atoms with Crippen LogP contribution in [0.2, 0.25) is 10.0 Å². The van der Waals surface area contributed by atoms with Crippen molar-refractivity contribution in [3.8, 4) is 5.75 Å². The number of ether oxygens (including phenoxy) is 1. The fourth-order valence-electron chi connectivity index (χ4n) is 5.52. The topological polar surface area (TPSA) is 32.8 Å². The third-order valence-corrected chi connectivity index (χ3v) is 8.70. The van der Waals surface area contributed by atoms with Crippen molar-refractivity contribution in [1.29, 1.82) is 0 Å². The van der Waals surface area contributed by atoms with E-state index in [0.29, 0.717) is 35.4 Å². The second kappa shape index (κ2) is 10.7. The van der Waals surface area contributed by atoms with Crippen LogP contribution in [-0.2, 0) is 0 Å². The average Bonchev–Trinajstić information content (AvgIpc) is 3.61. The van der Waals surface area contributed by atoms with Crippen molar-refractivity contribution >= 4 is 29.1 Å². The van der Waals surface area contributed by atoms with Crippen LogP contribution in [0.5, 0.6) is 5.75 Å². The summed E-state index contributed by atoms with van der Waals surface area (Å²) < 4.78 is 35.0. The van der Waals surface area contributed by atoms with Crippen LogP contribution in [-0.4, -0.2) is 54.7 Å². The van der Waals surface area contributed by atoms with E-state index < -0.39 is 17.9 Å². The molecule has 2 aromatic carbocycles. The van der Waals surface area contributed by atoms with Crippen molar-refractivity contribution < 1.29 is 18.3 Å². The fourth-order valence-corrected chi connectivity index (χ4v) is 6.06. The number of nitrogens with zero attached hydrogens (tertiary/aromatic N) is 2. The van der Waals surface area contributed by atoms with E-state index in [4.69, 9.17) is 27.9 Å². The molecule has 5 rings (SSSR count). The smallest absolute Gasteiger partial charge is 0.256 e. The molecule has 8 heteroatoms. The summed E-state index contributed by atoms with van der Waals surface area (Å²) in [5.74, 6) is -0.206. The number of halogens is 4. The maximum atomic E-state index is 15.1. The summed E-state index contributed by atoms with van der Waals surface area (Å²) in [4.78, 5) is 16.7. The molecule has 1 saturated carbocycles. The van der Waals surface area contributed by atoms with Crippen molar-refractivity contribution in [2.45, 2.75) is 64.1 Å². The van der Waals surface area contributed by atoms with Gasteiger partial charge in [0.25, 0.3) is 5.91 Å². The summed E-state index contributed by atoms with van der Waals surface area (Å²) in [5.41, 5.74) is 1.98. The van der Waals surface area contributed by atoms with E-state index in [1.54, 1.807) is 12.1 Å². The molecular formula is C29H34Cl2F2N2O2. The lowest BCUT2D eigenvalue weighted by atomic mass is 9.80. The molecule has 0 aromatic heterocycles. The maximum Gasteiger partial charge on any atom is 0.256 e. The lowest BCUT2D eigenvalue weighted by Crippen LogP contribution is -2.42. The van der Waals surface area contributed by atoms with E-state index in [2.05, 4.69) is 18.7 Å². The van der Waals surface area contributed by atoms with Crippen LogP contribution in [0.25, 0.3) is 0 Å². The Hall–Kier alpha value is -1.89. The SMILES string of the molecule is CC(c1cc(Cl)cc(Cl)c1)N1CCC(C)(COc2cc(F)c(C(=O)N3CCC(F)C3)cc2C2CC2)CC1. The van der Waals surface area contributed by atoms with E-state index in [1.165, 1.54) is 11.0 Å². The summed E-state index contributed by atoms with van der Waals surface area (Å²) in [5, 5.41) is 1.28. The first-order chi connectivity index (χ1) is 17.6. The predicted octanol–water partition coefficient (Wildman–Crippen LogP) is 7.44. The average molecular weight is 552 g/mol. The minimum absolute atomic E-state index is 0.0259. The third kappa shape index (κ3) is 6.07. The van der Waals surface area contributed by atoms with Crippen LogP contribution in [0.4, 0.5) is 8.78 Å². The molecule has 2 aliphatic heterocycles. The van der Waals surface area contributed by atoms with Gasteiger partial charge in [0.15, 0.2) is 0 Å². The van der Waals surface area contributed by atoms with Gasteiger partial charge in [-0.3, -0.25) is 9.69 Å². The van der Waals surface area contributed by atoms with Gasteiger partial charge in [0.05, 0.1) is 18.7 Å². The van der Waals surface area contributed by atoms with Crippen LogP contribution >= 0.6 is 23.2 Å². The molecule has 1 aliphatic carbocycles. The standard InChI is InChI=1S/C29H34Cl2F2N2O2/c1-18(20-11-21(30)13-22(31)12-20)34-9-6-29(2,7-10-34)17-37-27-15-26(33)25(14-24(27)19-3-4-19)28(36)35-8-5-23(32)16-35/h11-15,18-19,23H,3-10,16-17H2,1-2H3. The normalized spacial score (nSPS) is 22.8. The molecule has 2 saturated heterocycles. The number of rotatable bonds is 7. The quantitative estimate of drug-likeness (QED) is 0.359. The van der Waals surface area contributed by atoms with Crippen molar-refractivity contribution in [1.82, 2.24) is 9.80 Å². The maximum absolute atomic E-state index is 15.1. The number of hydrogen-bond donors (Lipinski definition) is 0. The third-order valence-electron chi connectivity index (χ3n) is 8.26. The van der Waals surface area contributed by atoms with Gasteiger partial charge in [-0.15, -0.1) is 0 Å². The van der Waals surface area contributed by atoms with Gasteiger partial charge < -0.3 is 9.64 Å². The fraction of sp³-hybridized carbons (Fsp3) is 0.552. The number of carbonyl (C=O) groups excluding carboxylic acids is 1. The predicted molar refractivity (Wildman–Crippen MR) is 143 cm³/mol. The highest BCUT2D eigenvalue weighted by Crippen LogP contribution is 2.46. The van der Waals surface area contributed by atoms with Gasteiger partial charge >= 0.3 is 0 Å². The lowest BCUT2D eigenvalue weighted by Gasteiger charge is -2.42. The van der Waals surface area contributed by atoms with Crippen LogP contribution < -0.4 is 4.74 Å². The van der Waals surface area contributed by atoms with Gasteiger partial charge in [-0.25, -0.2) is 8.78 Å². The first-order valence-corrected chi connectivity index (χ1v) is 14.0. The number of carbonyl (C=O) groups is 1. The van der Waals surface area contributed by atoms with Crippen LogP contribution in [0, 0.1) is 11.2 Å². The highest BCUT2D eigenvalue weighted by Gasteiger charge is 2.35. The number of alkyl halides is 1. The van der Waals surface area contributed by atoms with Crippen molar-refractivity contribution in [2.75, 3.05) is 32.8 Å². The molecule has 1 amide bonds. The number of benzene rings is 2. The zero-order valence-corrected chi connectivity index (χ0v) is 22.9. The zero-order chi connectivity index (χ0) is 26.3. The first-order valence-electron chi connectivity index (χ1n) is 13.2. The Balaban J connectivity index is 1.24. The minimum Gasteiger partial charge on any atom is -0.493 e. The van der Waals surface area contributed by atoms with Crippen molar-refractivity contribution in [3.05, 3.63) is 62.9 Å². The van der Waals surface area contributed by atoms with Crippen molar-refractivity contribution in [3.63, 3.8) is 0 Å². The molecule has 200 valence electrons. The highest BCUT2D eigenvalue weighted by molar-refractivity contribution is 6.34. The Morgan fingerprint density at radius 3 is 2.35 bits per heavy atom. The van der Waals surface area contributed by atoms with Gasteiger partial charge in [0.1, 0.15) is 17.7 Å². The van der Waals surface area contributed by atoms with Gasteiger partial charge in [-0.05, 0) is 93.4 Å². The number of amides is 1. The summed E-state index contributed by atoms with van der Waals surface area (Å²) in [7, 11) is 0. The molecule has 0 spiro atoms. The lowest BCUT2D eigenvalue weighted by molar-refractivity contribution is 0.0509. The van der Waals surface area contributed by atoms with Crippen LogP contribution in [0.1, 0.15) is 79.4 Å². The van der Waals surface area contributed by atoms with Crippen molar-refractivity contribution in [2.24, 2.45) is 5.41 Å². The number of hydrogen-bond acceptors (Lipinski definition) is 3. The summed E-state index contributed by atoms with van der Waals surface area (Å²) in [6.07, 6.45) is 3.18. The molecule has 2 unspecified atom stereocenters. The molecule has 37 heavy (non-hydrogen) atoms. The molecule has 0 bridgehead atoms. The number of likely N-dealkylation sites (tertiary alicyclic amines) is 2. The second-order valence-electron chi connectivity index (χ2n) is 11.3. The molecule has 2 atom stereocenters. The molecule has 0 radical (unpaired) electrons. The van der Waals surface area contributed by atoms with Gasteiger partial charge in [0, 0.05) is 34.1 Å². The zero-order valence-electron chi connectivity index (χ0n) is 21.4. The molecule has 2 heterocycles. The molecule has 3 aliphatic rings. The largest absolute Gasteiger partial charge is 0.493 e. The molecule has 4 nitrogen and oxygen atoms in total. The van der Waals surface area contributed by atoms with E-state index >= 15 is 4.39 Å². The Bertz CT molecular complexity index is 1140. The van der Waals surface area contributed by atoms with E-state index in [0.717, 1.165) is 49.9 Å². The Morgan fingerprint density at radius 1 is 1.08 bits per heavy atom. The van der Waals surface area contributed by atoms with E-state index in [-0.39, 0.29) is 29.5 Å². The van der Waals surface area contributed by atoms with E-state index in [9.17, 15) is 9.18 Å². The molecular weight excluding hydrogens is 517 g/mol. The Labute approximate surface area is 227 Å². The summed E-state index contributed by atoms with van der Waals surface area (Å²) in [6, 6.07) is 8.91. The highest BCUT2D eigenvalue weighted by atomic mass is 35.5. The molecule has 0 N–H and O–H groups in total. The van der Waals surface area contributed by atoms with Crippen LogP contribution in [0.15, 0.2) is 30.3 Å². The molecule has 2 aromatic rings. The second-order valence-corrected chi connectivity index (χ2v) is 12.2. The van der Waals surface area contributed by atoms with Gasteiger partial charge in [0.2, 0.25) is 0 Å². The summed E-state index contributed by atoms with van der Waals surface area (Å²) >= 11 is 12.4. The van der Waals surface area contributed by atoms with E-state index in [1.807, 2.05) is 12.1 Å². The molecule has 3 fully saturated rings. The van der Waals surface area contributed by atoms with Gasteiger partial charge in [-0.1, -0.05) is 30.1 Å². The summed E-state index contributed by atoms with van der Waals surface area (Å²) in [6.45, 7) is 7.06. The minimum atomic E-state index is -1.03. The van der Waals surface area contributed by atoms with Crippen LogP contribution in [0.3, 0.4) is 0 Å². The monoisotopic (exact) mass is 550 g/mol. The Kier molecular flexibility index (Phi) is 7.72. The number of piperidine rings is 1. The van der Waals surface area contributed by atoms with Gasteiger partial charge in [-0.2, -0.15) is 0 Å². The Morgan fingerprint density at radius 2 is 1.76 bits per heavy atom.